The molecule has 0 unspecified atom stereocenters. The van der Waals surface area contributed by atoms with Crippen LogP contribution in [-0.2, 0) is 4.79 Å². The van der Waals surface area contributed by atoms with Crippen LogP contribution >= 0.6 is 0 Å². The van der Waals surface area contributed by atoms with Crippen LogP contribution in [0.15, 0.2) is 18.2 Å². The molecule has 1 N–H and O–H groups in total. The number of carbonyl (C=O) groups is 2. The van der Waals surface area contributed by atoms with E-state index in [-0.39, 0.29) is 24.2 Å². The van der Waals surface area contributed by atoms with Crippen molar-refractivity contribution in [3.05, 3.63) is 23.8 Å². The van der Waals surface area contributed by atoms with E-state index in [0.717, 1.165) is 25.7 Å². The monoisotopic (exact) mass is 259 g/mol. The van der Waals surface area contributed by atoms with Crippen LogP contribution in [0.25, 0.3) is 0 Å². The summed E-state index contributed by atoms with van der Waals surface area (Å²) >= 11 is 0. The van der Waals surface area contributed by atoms with Crippen LogP contribution in [0.1, 0.15) is 42.5 Å². The van der Waals surface area contributed by atoms with Crippen LogP contribution in [-0.4, -0.2) is 18.3 Å². The van der Waals surface area contributed by atoms with E-state index in [9.17, 15) is 9.59 Å². The van der Waals surface area contributed by atoms with Gasteiger partial charge in [0.05, 0.1) is 5.69 Å². The molecule has 1 amide bonds. The highest BCUT2D eigenvalue weighted by molar-refractivity contribution is 6.01. The fourth-order valence-electron chi connectivity index (χ4n) is 2.84. The van der Waals surface area contributed by atoms with Crippen LogP contribution in [0.3, 0.4) is 0 Å². The summed E-state index contributed by atoms with van der Waals surface area (Å²) in [5.74, 6) is 0.809. The standard InChI is InChI=1S/C15H17NO3/c17-14-9-19-13-7-6-11(8-12(13)16-14)15(18)10-4-2-1-3-5-10/h6-8,10H,1-5,9H2,(H,16,17). The third kappa shape index (κ3) is 2.48. The summed E-state index contributed by atoms with van der Waals surface area (Å²) < 4.78 is 5.29. The van der Waals surface area contributed by atoms with E-state index < -0.39 is 0 Å². The molecule has 4 heteroatoms. The Bertz CT molecular complexity index is 518. The fourth-order valence-corrected chi connectivity index (χ4v) is 2.84. The van der Waals surface area contributed by atoms with Crippen molar-refractivity contribution in [1.82, 2.24) is 0 Å². The van der Waals surface area contributed by atoms with Crippen molar-refractivity contribution in [2.75, 3.05) is 11.9 Å². The number of ketones is 1. The summed E-state index contributed by atoms with van der Waals surface area (Å²) in [4.78, 5) is 23.7. The highest BCUT2D eigenvalue weighted by Gasteiger charge is 2.24. The lowest BCUT2D eigenvalue weighted by atomic mass is 9.84. The molecule has 1 aromatic rings. The first-order chi connectivity index (χ1) is 9.24. The molecule has 0 bridgehead atoms. The minimum Gasteiger partial charge on any atom is -0.482 e. The highest BCUT2D eigenvalue weighted by Crippen LogP contribution is 2.32. The average molecular weight is 259 g/mol. The zero-order valence-electron chi connectivity index (χ0n) is 10.8. The maximum absolute atomic E-state index is 12.4. The van der Waals surface area contributed by atoms with Gasteiger partial charge in [-0.25, -0.2) is 0 Å². The summed E-state index contributed by atoms with van der Waals surface area (Å²) in [5.41, 5.74) is 1.29. The van der Waals surface area contributed by atoms with E-state index >= 15 is 0 Å². The molecule has 100 valence electrons. The van der Waals surface area contributed by atoms with Crippen LogP contribution in [0.4, 0.5) is 5.69 Å². The molecular formula is C15H17NO3. The maximum atomic E-state index is 12.4. The lowest BCUT2D eigenvalue weighted by Crippen LogP contribution is -2.26. The molecule has 2 aliphatic rings. The Morgan fingerprint density at radius 1 is 1.21 bits per heavy atom. The number of carbonyl (C=O) groups excluding carboxylic acids is 2. The number of nitrogens with one attached hydrogen (secondary N) is 1. The number of anilines is 1. The Balaban J connectivity index is 1.83. The highest BCUT2D eigenvalue weighted by atomic mass is 16.5. The van der Waals surface area contributed by atoms with Gasteiger partial charge in [0, 0.05) is 11.5 Å². The quantitative estimate of drug-likeness (QED) is 0.831. The third-order valence-electron chi connectivity index (χ3n) is 3.87. The Labute approximate surface area is 112 Å². The summed E-state index contributed by atoms with van der Waals surface area (Å²) in [6.07, 6.45) is 5.48. The minimum atomic E-state index is -0.172. The van der Waals surface area contributed by atoms with E-state index in [0.29, 0.717) is 17.0 Å². The molecule has 0 aromatic heterocycles. The molecular weight excluding hydrogens is 242 g/mol. The summed E-state index contributed by atoms with van der Waals surface area (Å²) in [5, 5.41) is 2.74. The molecule has 3 rings (SSSR count). The zero-order valence-corrected chi connectivity index (χ0v) is 10.8. The van der Waals surface area contributed by atoms with Crippen molar-refractivity contribution >= 4 is 17.4 Å². The molecule has 0 saturated heterocycles. The predicted octanol–water partition coefficient (Wildman–Crippen LogP) is 2.78. The molecule has 0 spiro atoms. The number of hydrogen-bond donors (Lipinski definition) is 1. The number of Topliss-reactive ketones (excluding diaryl/α,β-unsaturated/α-hetero) is 1. The van der Waals surface area contributed by atoms with E-state index in [4.69, 9.17) is 4.74 Å². The van der Waals surface area contributed by atoms with E-state index in [2.05, 4.69) is 5.32 Å². The molecule has 1 aliphatic carbocycles. The van der Waals surface area contributed by atoms with Gasteiger partial charge in [-0.1, -0.05) is 19.3 Å². The van der Waals surface area contributed by atoms with Gasteiger partial charge in [0.15, 0.2) is 12.4 Å². The van der Waals surface area contributed by atoms with Gasteiger partial charge in [-0.3, -0.25) is 9.59 Å². The van der Waals surface area contributed by atoms with Gasteiger partial charge in [0.1, 0.15) is 5.75 Å². The first kappa shape index (κ1) is 12.2. The Hall–Kier alpha value is -1.84. The second-order valence-electron chi connectivity index (χ2n) is 5.25. The van der Waals surface area contributed by atoms with Gasteiger partial charge in [0.2, 0.25) is 0 Å². The van der Waals surface area contributed by atoms with Gasteiger partial charge < -0.3 is 10.1 Å². The SMILES string of the molecule is O=C1COc2ccc(C(=O)C3CCCCC3)cc2N1. The zero-order chi connectivity index (χ0) is 13.2. The molecule has 1 aliphatic heterocycles. The van der Waals surface area contributed by atoms with E-state index in [1.807, 2.05) is 0 Å². The van der Waals surface area contributed by atoms with Crippen molar-refractivity contribution in [3.8, 4) is 5.75 Å². The van der Waals surface area contributed by atoms with Crippen molar-refractivity contribution in [2.45, 2.75) is 32.1 Å². The molecule has 19 heavy (non-hydrogen) atoms. The average Bonchev–Trinajstić information content (AvgIpc) is 2.46. The first-order valence-electron chi connectivity index (χ1n) is 6.85. The predicted molar refractivity (Wildman–Crippen MR) is 71.5 cm³/mol. The topological polar surface area (TPSA) is 55.4 Å². The van der Waals surface area contributed by atoms with Crippen LogP contribution in [0, 0.1) is 5.92 Å². The van der Waals surface area contributed by atoms with Crippen molar-refractivity contribution < 1.29 is 14.3 Å². The fraction of sp³-hybridized carbons (Fsp3) is 0.467. The molecule has 0 atom stereocenters. The van der Waals surface area contributed by atoms with E-state index in [1.165, 1.54) is 6.42 Å². The molecule has 1 aromatic carbocycles. The Morgan fingerprint density at radius 3 is 2.79 bits per heavy atom. The molecule has 4 nitrogen and oxygen atoms in total. The summed E-state index contributed by atoms with van der Waals surface area (Å²) in [7, 11) is 0. The normalized spacial score (nSPS) is 19.3. The van der Waals surface area contributed by atoms with Gasteiger partial charge in [-0.05, 0) is 31.0 Å². The van der Waals surface area contributed by atoms with Crippen LogP contribution in [0.2, 0.25) is 0 Å². The first-order valence-corrected chi connectivity index (χ1v) is 6.85. The van der Waals surface area contributed by atoms with Crippen molar-refractivity contribution in [3.63, 3.8) is 0 Å². The van der Waals surface area contributed by atoms with Crippen molar-refractivity contribution in [1.29, 1.82) is 0 Å². The molecule has 0 radical (unpaired) electrons. The largest absolute Gasteiger partial charge is 0.482 e. The molecule has 1 heterocycles. The number of benzene rings is 1. The van der Waals surface area contributed by atoms with Gasteiger partial charge >= 0.3 is 0 Å². The number of hydrogen-bond acceptors (Lipinski definition) is 3. The van der Waals surface area contributed by atoms with Crippen LogP contribution in [0.5, 0.6) is 5.75 Å². The minimum absolute atomic E-state index is 0.0446. The van der Waals surface area contributed by atoms with Gasteiger partial charge in [-0.15, -0.1) is 0 Å². The summed E-state index contributed by atoms with van der Waals surface area (Å²) in [6, 6.07) is 5.31. The maximum Gasteiger partial charge on any atom is 0.262 e. The molecule has 1 fully saturated rings. The second kappa shape index (κ2) is 5.03. The molecule has 1 saturated carbocycles. The number of ether oxygens (including phenoxy) is 1. The van der Waals surface area contributed by atoms with E-state index in [1.54, 1.807) is 18.2 Å². The number of fused-ring (bicyclic) bond motifs is 1. The second-order valence-corrected chi connectivity index (χ2v) is 5.25. The van der Waals surface area contributed by atoms with Crippen LogP contribution < -0.4 is 10.1 Å². The number of rotatable bonds is 2. The lowest BCUT2D eigenvalue weighted by molar-refractivity contribution is -0.118. The summed E-state index contributed by atoms with van der Waals surface area (Å²) in [6.45, 7) is 0.0446. The van der Waals surface area contributed by atoms with Gasteiger partial charge in [0.25, 0.3) is 5.91 Å². The smallest absolute Gasteiger partial charge is 0.262 e. The Morgan fingerprint density at radius 2 is 2.00 bits per heavy atom. The Kier molecular flexibility index (Phi) is 3.23. The van der Waals surface area contributed by atoms with Gasteiger partial charge in [-0.2, -0.15) is 0 Å². The van der Waals surface area contributed by atoms with Crippen molar-refractivity contribution in [2.24, 2.45) is 5.92 Å². The number of amides is 1. The third-order valence-corrected chi connectivity index (χ3v) is 3.87. The lowest BCUT2D eigenvalue weighted by Gasteiger charge is -2.22.